The Bertz CT molecular complexity index is 276. The van der Waals surface area contributed by atoms with Crippen LogP contribution in [0.2, 0.25) is 0 Å². The molecular formula is C10H11F3O. The lowest BCUT2D eigenvalue weighted by atomic mass is 10.2. The van der Waals surface area contributed by atoms with E-state index in [2.05, 4.69) is 0 Å². The number of benzene rings is 1. The van der Waals surface area contributed by atoms with Gasteiger partial charge < -0.3 is 4.74 Å². The highest BCUT2D eigenvalue weighted by atomic mass is 19.4. The van der Waals surface area contributed by atoms with E-state index < -0.39 is 11.7 Å². The normalized spacial score (nSPS) is 11.4. The highest BCUT2D eigenvalue weighted by Gasteiger charge is 2.29. The summed E-state index contributed by atoms with van der Waals surface area (Å²) in [5.41, 5.74) is -0.652. The maximum absolute atomic E-state index is 12.1. The molecule has 0 saturated heterocycles. The van der Waals surface area contributed by atoms with Gasteiger partial charge in [-0.2, -0.15) is 13.2 Å². The van der Waals surface area contributed by atoms with Crippen LogP contribution in [0.1, 0.15) is 18.9 Å². The predicted octanol–water partition coefficient (Wildman–Crippen LogP) is 3.49. The average molecular weight is 204 g/mol. The molecule has 78 valence electrons. The smallest absolute Gasteiger partial charge is 0.416 e. The van der Waals surface area contributed by atoms with Crippen molar-refractivity contribution in [2.75, 3.05) is 6.61 Å². The molecule has 4 heteroatoms. The first-order valence-electron chi connectivity index (χ1n) is 4.34. The van der Waals surface area contributed by atoms with Crippen molar-refractivity contribution in [3.8, 4) is 5.75 Å². The Labute approximate surface area is 80.5 Å². The molecule has 0 saturated carbocycles. The SMILES string of the molecule is CCCOc1ccc(C(F)(F)F)cc1. The second-order valence-electron chi connectivity index (χ2n) is 2.87. The molecule has 0 N–H and O–H groups in total. The second-order valence-corrected chi connectivity index (χ2v) is 2.87. The van der Waals surface area contributed by atoms with Crippen LogP contribution in [0.15, 0.2) is 24.3 Å². The van der Waals surface area contributed by atoms with Crippen LogP contribution in [0.4, 0.5) is 13.2 Å². The summed E-state index contributed by atoms with van der Waals surface area (Å²) < 4.78 is 41.5. The first kappa shape index (κ1) is 10.9. The van der Waals surface area contributed by atoms with Crippen LogP contribution in [0.3, 0.4) is 0 Å². The minimum Gasteiger partial charge on any atom is -0.494 e. The molecule has 0 aliphatic carbocycles. The number of hydrogen-bond donors (Lipinski definition) is 0. The zero-order valence-corrected chi connectivity index (χ0v) is 7.77. The van der Waals surface area contributed by atoms with Gasteiger partial charge in [0.15, 0.2) is 0 Å². The lowest BCUT2D eigenvalue weighted by molar-refractivity contribution is -0.137. The number of ether oxygens (including phenoxy) is 1. The Hall–Kier alpha value is -1.19. The minimum absolute atomic E-state index is 0.472. The molecule has 1 aromatic rings. The molecule has 0 amide bonds. The maximum Gasteiger partial charge on any atom is 0.416 e. The van der Waals surface area contributed by atoms with Crippen molar-refractivity contribution in [1.29, 1.82) is 0 Å². The van der Waals surface area contributed by atoms with Crippen molar-refractivity contribution < 1.29 is 17.9 Å². The molecule has 0 atom stereocenters. The number of rotatable bonds is 3. The molecule has 0 aliphatic rings. The fourth-order valence-electron chi connectivity index (χ4n) is 0.960. The first-order valence-corrected chi connectivity index (χ1v) is 4.34. The Kier molecular flexibility index (Phi) is 3.38. The van der Waals surface area contributed by atoms with Gasteiger partial charge >= 0.3 is 6.18 Å². The van der Waals surface area contributed by atoms with E-state index in [-0.39, 0.29) is 0 Å². The second kappa shape index (κ2) is 4.35. The van der Waals surface area contributed by atoms with E-state index in [0.717, 1.165) is 18.6 Å². The van der Waals surface area contributed by atoms with Gasteiger partial charge in [0.1, 0.15) is 5.75 Å². The van der Waals surface area contributed by atoms with Gasteiger partial charge in [-0.15, -0.1) is 0 Å². The van der Waals surface area contributed by atoms with Gasteiger partial charge in [0.05, 0.1) is 12.2 Å². The summed E-state index contributed by atoms with van der Waals surface area (Å²) in [5, 5.41) is 0. The lowest BCUT2D eigenvalue weighted by Gasteiger charge is -2.08. The Morgan fingerprint density at radius 1 is 1.14 bits per heavy atom. The average Bonchev–Trinajstić information content (AvgIpc) is 2.14. The molecule has 0 aromatic heterocycles. The van der Waals surface area contributed by atoms with Crippen LogP contribution in [0.25, 0.3) is 0 Å². The van der Waals surface area contributed by atoms with E-state index in [0.29, 0.717) is 12.4 Å². The fraction of sp³-hybridized carbons (Fsp3) is 0.400. The number of halogens is 3. The van der Waals surface area contributed by atoms with Crippen molar-refractivity contribution >= 4 is 0 Å². The fourth-order valence-corrected chi connectivity index (χ4v) is 0.960. The molecule has 1 rings (SSSR count). The van der Waals surface area contributed by atoms with Crippen molar-refractivity contribution in [2.24, 2.45) is 0 Å². The van der Waals surface area contributed by atoms with Gasteiger partial charge in [-0.05, 0) is 30.7 Å². The van der Waals surface area contributed by atoms with E-state index in [1.54, 1.807) is 0 Å². The van der Waals surface area contributed by atoms with Crippen molar-refractivity contribution in [3.05, 3.63) is 29.8 Å². The Morgan fingerprint density at radius 3 is 2.14 bits per heavy atom. The third kappa shape index (κ3) is 2.94. The van der Waals surface area contributed by atoms with E-state index in [9.17, 15) is 13.2 Å². The van der Waals surface area contributed by atoms with Crippen LogP contribution in [-0.2, 0) is 6.18 Å². The van der Waals surface area contributed by atoms with Crippen LogP contribution in [0, 0.1) is 0 Å². The Balaban J connectivity index is 2.69. The molecular weight excluding hydrogens is 193 g/mol. The molecule has 14 heavy (non-hydrogen) atoms. The molecule has 0 unspecified atom stereocenters. The third-order valence-electron chi connectivity index (χ3n) is 1.65. The predicted molar refractivity (Wildman–Crippen MR) is 47.2 cm³/mol. The summed E-state index contributed by atoms with van der Waals surface area (Å²) in [6.45, 7) is 2.45. The molecule has 0 aliphatic heterocycles. The molecule has 1 aromatic carbocycles. The zero-order chi connectivity index (χ0) is 10.6. The van der Waals surface area contributed by atoms with Gasteiger partial charge in [0.2, 0.25) is 0 Å². The van der Waals surface area contributed by atoms with Crippen molar-refractivity contribution in [1.82, 2.24) is 0 Å². The zero-order valence-electron chi connectivity index (χ0n) is 7.77. The van der Waals surface area contributed by atoms with Gasteiger partial charge in [0.25, 0.3) is 0 Å². The van der Waals surface area contributed by atoms with E-state index >= 15 is 0 Å². The molecule has 0 bridgehead atoms. The van der Waals surface area contributed by atoms with Gasteiger partial charge in [0, 0.05) is 0 Å². The monoisotopic (exact) mass is 204 g/mol. The van der Waals surface area contributed by atoms with Crippen LogP contribution in [-0.4, -0.2) is 6.61 Å². The lowest BCUT2D eigenvalue weighted by Crippen LogP contribution is -2.04. The van der Waals surface area contributed by atoms with Crippen LogP contribution in [0.5, 0.6) is 5.75 Å². The standard InChI is InChI=1S/C10H11F3O/c1-2-7-14-9-5-3-8(4-6-9)10(11,12)13/h3-6H,2,7H2,1H3. The number of alkyl halides is 3. The molecule has 0 radical (unpaired) electrons. The maximum atomic E-state index is 12.1. The van der Waals surface area contributed by atoms with E-state index in [4.69, 9.17) is 4.74 Å². The first-order chi connectivity index (χ1) is 6.54. The van der Waals surface area contributed by atoms with Gasteiger partial charge in [-0.1, -0.05) is 6.92 Å². The summed E-state index contributed by atoms with van der Waals surface area (Å²) in [5.74, 6) is 0.472. The molecule has 0 heterocycles. The molecule has 1 nitrogen and oxygen atoms in total. The topological polar surface area (TPSA) is 9.23 Å². The summed E-state index contributed by atoms with van der Waals surface area (Å²) in [6, 6.07) is 4.70. The van der Waals surface area contributed by atoms with Crippen LogP contribution >= 0.6 is 0 Å². The third-order valence-corrected chi connectivity index (χ3v) is 1.65. The largest absolute Gasteiger partial charge is 0.494 e. The van der Waals surface area contributed by atoms with Crippen LogP contribution < -0.4 is 4.74 Å². The summed E-state index contributed by atoms with van der Waals surface area (Å²) in [7, 11) is 0. The van der Waals surface area contributed by atoms with Crippen molar-refractivity contribution in [3.63, 3.8) is 0 Å². The van der Waals surface area contributed by atoms with Gasteiger partial charge in [-0.25, -0.2) is 0 Å². The van der Waals surface area contributed by atoms with E-state index in [1.165, 1.54) is 12.1 Å². The summed E-state index contributed by atoms with van der Waals surface area (Å²) in [6.07, 6.45) is -3.44. The number of hydrogen-bond acceptors (Lipinski definition) is 1. The van der Waals surface area contributed by atoms with Gasteiger partial charge in [-0.3, -0.25) is 0 Å². The highest BCUT2D eigenvalue weighted by Crippen LogP contribution is 2.30. The summed E-state index contributed by atoms with van der Waals surface area (Å²) in [4.78, 5) is 0. The molecule has 0 spiro atoms. The minimum atomic E-state index is -4.27. The quantitative estimate of drug-likeness (QED) is 0.732. The van der Waals surface area contributed by atoms with E-state index in [1.807, 2.05) is 6.92 Å². The Morgan fingerprint density at radius 2 is 1.71 bits per heavy atom. The highest BCUT2D eigenvalue weighted by molar-refractivity contribution is 5.28. The summed E-state index contributed by atoms with van der Waals surface area (Å²) >= 11 is 0. The van der Waals surface area contributed by atoms with Crippen molar-refractivity contribution in [2.45, 2.75) is 19.5 Å². The molecule has 0 fully saturated rings.